The third-order valence-electron chi connectivity index (χ3n) is 21.9. The number of aliphatic carboxylic acids is 1. The molecular formula is C90H115ClF8N12O13. The average molecular weight is 1760 g/mol. The molecule has 2 aliphatic heterocycles. The molecule has 25 nitrogen and oxygen atoms in total. The van der Waals surface area contributed by atoms with Gasteiger partial charge in [0.2, 0.25) is 29.5 Å². The van der Waals surface area contributed by atoms with Gasteiger partial charge in [-0.2, -0.15) is 26.3 Å². The van der Waals surface area contributed by atoms with Crippen LogP contribution in [0.4, 0.5) is 67.5 Å². The van der Waals surface area contributed by atoms with Crippen LogP contribution in [0.2, 0.25) is 0 Å². The van der Waals surface area contributed by atoms with E-state index in [1.54, 1.807) is 126 Å². The number of carboxylic acids is 1. The fourth-order valence-corrected chi connectivity index (χ4v) is 16.0. The summed E-state index contributed by atoms with van der Waals surface area (Å²) in [4.78, 5) is 136. The first-order chi connectivity index (χ1) is 57.9. The normalized spacial score (nSPS) is 17.3. The van der Waals surface area contributed by atoms with Gasteiger partial charge in [0, 0.05) is 54.5 Å². The Morgan fingerprint density at radius 2 is 0.927 bits per heavy atom. The number of halogens is 9. The van der Waals surface area contributed by atoms with Crippen LogP contribution in [0.15, 0.2) is 121 Å². The van der Waals surface area contributed by atoms with Gasteiger partial charge in [-0.3, -0.25) is 33.6 Å². The summed E-state index contributed by atoms with van der Waals surface area (Å²) in [6, 6.07) is 26.0. The molecule has 0 radical (unpaired) electrons. The van der Waals surface area contributed by atoms with Crippen LogP contribution in [-0.4, -0.2) is 149 Å². The van der Waals surface area contributed by atoms with Gasteiger partial charge in [0.25, 0.3) is 11.8 Å². The van der Waals surface area contributed by atoms with E-state index in [0.717, 1.165) is 63.5 Å². The van der Waals surface area contributed by atoms with E-state index in [0.29, 0.717) is 85.1 Å². The lowest BCUT2D eigenvalue weighted by Crippen LogP contribution is -2.48. The minimum Gasteiger partial charge on any atom is -0.480 e. The molecule has 0 unspecified atom stereocenters. The van der Waals surface area contributed by atoms with Crippen molar-refractivity contribution in [2.45, 2.75) is 232 Å². The van der Waals surface area contributed by atoms with Gasteiger partial charge < -0.3 is 78.0 Å². The molecule has 10 rings (SSSR count). The Hall–Kier alpha value is -10.8. The third kappa shape index (κ3) is 27.6. The molecule has 0 bridgehead atoms. The lowest BCUT2D eigenvalue weighted by atomic mass is 9.83. The smallest absolute Gasteiger partial charge is 0.416 e. The molecule has 9 amide bonds. The maximum absolute atomic E-state index is 15.2. The number of hydrogen-bond acceptors (Lipinski definition) is 15. The van der Waals surface area contributed by atoms with Gasteiger partial charge >= 0.3 is 30.5 Å². The number of alkyl carbamates (subject to hydrolysis) is 2. The van der Waals surface area contributed by atoms with E-state index < -0.39 is 130 Å². The Kier molecular flexibility index (Phi) is 36.2. The average Bonchev–Trinajstić information content (AvgIpc) is 0.877. The number of nitrogens with one attached hydrogen (secondary N) is 5. The second kappa shape index (κ2) is 44.7. The molecule has 2 aliphatic carbocycles. The molecule has 6 atom stereocenters. The number of nitrogens with zero attached hydrogens (tertiary/aromatic N) is 4. The number of anilines is 4. The van der Waals surface area contributed by atoms with Crippen LogP contribution in [0, 0.1) is 51.2 Å². The SMILES string of the molecule is CC(C)(C)OC(=O)NCCC[C@H](NC(=O)OC(C)(C)C)C(=O)O.Cc1ccc(NC(=O)[C@H]2CCCN(C(=O)c3c(C)cccc3F)[C@H]2c2ccc(N(C(=O)CN)C3CCCC3)cc2)cc1C(F)(F)F.Cc1ccc(NC(=O)[C@H]2CCCN(C(=O)c3c(C)cccc3F)[C@H]2c2ccc(N(C(=O)CNC(=O)[C@@H](N)CCCN)C3CCCC3)cc2)cc1C(F)(F)F.Cl. The number of benzene rings is 6. The number of nitrogens with two attached hydrogens (primary N) is 3. The van der Waals surface area contributed by atoms with Crippen molar-refractivity contribution in [3.63, 3.8) is 0 Å². The Bertz CT molecular complexity index is 4670. The number of piperidine rings is 2. The van der Waals surface area contributed by atoms with E-state index in [2.05, 4.69) is 26.6 Å². The molecule has 2 heterocycles. The summed E-state index contributed by atoms with van der Waals surface area (Å²) < 4.78 is 122. The zero-order valence-electron chi connectivity index (χ0n) is 71.5. The molecule has 0 aromatic heterocycles. The van der Waals surface area contributed by atoms with E-state index in [4.69, 9.17) is 31.8 Å². The highest BCUT2D eigenvalue weighted by Crippen LogP contribution is 2.44. The molecule has 676 valence electrons. The van der Waals surface area contributed by atoms with Crippen molar-refractivity contribution in [1.82, 2.24) is 25.8 Å². The van der Waals surface area contributed by atoms with Crippen LogP contribution in [0.5, 0.6) is 0 Å². The van der Waals surface area contributed by atoms with Crippen LogP contribution >= 0.6 is 12.4 Å². The minimum atomic E-state index is -4.63. The fraction of sp³-hybridized carbons (Fsp3) is 0.489. The first-order valence-electron chi connectivity index (χ1n) is 41.5. The molecular weight excluding hydrogens is 1640 g/mol. The van der Waals surface area contributed by atoms with E-state index in [-0.39, 0.29) is 109 Å². The molecule has 6 aromatic carbocycles. The predicted molar refractivity (Wildman–Crippen MR) is 457 cm³/mol. The zero-order chi connectivity index (χ0) is 90.6. The Morgan fingerprint density at radius 3 is 1.31 bits per heavy atom. The molecule has 2 saturated carbocycles. The lowest BCUT2D eigenvalue weighted by molar-refractivity contribution is -0.140. The van der Waals surface area contributed by atoms with Gasteiger partial charge in [-0.05, 0) is 247 Å². The van der Waals surface area contributed by atoms with Crippen LogP contribution in [-0.2, 0) is 50.6 Å². The molecule has 4 aliphatic rings. The summed E-state index contributed by atoms with van der Waals surface area (Å²) >= 11 is 0. The minimum absolute atomic E-state index is 0. The molecule has 2 saturated heterocycles. The van der Waals surface area contributed by atoms with Gasteiger partial charge in [0.1, 0.15) is 28.9 Å². The van der Waals surface area contributed by atoms with Crippen molar-refractivity contribution < 1.29 is 97.6 Å². The summed E-state index contributed by atoms with van der Waals surface area (Å²) in [5.41, 5.74) is 17.1. The second-order valence-electron chi connectivity index (χ2n) is 33.4. The Labute approximate surface area is 723 Å². The summed E-state index contributed by atoms with van der Waals surface area (Å²) in [5.74, 6) is -7.65. The quantitative estimate of drug-likeness (QED) is 0.0190. The van der Waals surface area contributed by atoms with E-state index in [1.807, 2.05) is 0 Å². The summed E-state index contributed by atoms with van der Waals surface area (Å²) in [5, 5.41) is 21.9. The largest absolute Gasteiger partial charge is 0.480 e. The predicted octanol–water partition coefficient (Wildman–Crippen LogP) is 15.8. The molecule has 12 N–H and O–H groups in total. The summed E-state index contributed by atoms with van der Waals surface area (Å²) in [7, 11) is 0. The van der Waals surface area contributed by atoms with Gasteiger partial charge in [-0.15, -0.1) is 12.4 Å². The van der Waals surface area contributed by atoms with Crippen molar-refractivity contribution >= 4 is 94.7 Å². The highest BCUT2D eigenvalue weighted by Gasteiger charge is 2.45. The maximum atomic E-state index is 15.2. The number of carboxylic acid groups (broad SMARTS) is 1. The van der Waals surface area contributed by atoms with Crippen molar-refractivity contribution in [2.24, 2.45) is 29.0 Å². The monoisotopic (exact) mass is 1760 g/mol. The van der Waals surface area contributed by atoms with Crippen molar-refractivity contribution in [3.8, 4) is 0 Å². The Balaban J connectivity index is 0.000000274. The van der Waals surface area contributed by atoms with Crippen molar-refractivity contribution in [2.75, 3.05) is 59.7 Å². The number of carbonyl (C=O) groups is 10. The number of hydrogen-bond donors (Lipinski definition) is 9. The number of rotatable bonds is 25. The second-order valence-corrected chi connectivity index (χ2v) is 33.4. The number of likely N-dealkylation sites (tertiary alicyclic amines) is 2. The Morgan fingerprint density at radius 1 is 0.516 bits per heavy atom. The highest BCUT2D eigenvalue weighted by molar-refractivity contribution is 6.01. The fourth-order valence-electron chi connectivity index (χ4n) is 16.0. The molecule has 124 heavy (non-hydrogen) atoms. The summed E-state index contributed by atoms with van der Waals surface area (Å²) in [6.07, 6.45) is -0.513. The third-order valence-corrected chi connectivity index (χ3v) is 21.9. The lowest BCUT2D eigenvalue weighted by Gasteiger charge is -2.41. The van der Waals surface area contributed by atoms with E-state index >= 15 is 8.78 Å². The first-order valence-corrected chi connectivity index (χ1v) is 41.5. The van der Waals surface area contributed by atoms with Crippen LogP contribution in [0.1, 0.15) is 222 Å². The standard InChI is InChI=1S/C40H48F4N6O4.C35H38F4N4O3.C15H28N2O6.ClH/c1-24-14-17-27(22-31(24)40(42,43)44)48-37(52)30-11-7-21-49(39(54)35-25(2)8-5-12-32(35)41)36(30)26-15-18-29(19-16-26)50(28-9-3-4-10-28)34(51)23-47-38(53)33(46)13-6-20-45;1-21-12-15-24(19-28(21)35(37,38)39)41-33(45)27-10-6-18-42(34(46)31-22(2)7-5-11-29(31)36)32(27)23-13-16-26(17-14-23)43(30(44)20-40)25-8-3-4-9-25;1-14(2,3)22-12(20)16-9-7-8-10(11(18)19)17-13(21)23-15(4,5)6;/h5,8,12,14-19,22,28,30,33,36H,3-4,6-7,9-11,13,20-21,23,45-46H2,1-2H3,(H,47,53)(H,48,52);5,7,11-17,19,25,27,32H,3-4,6,8-10,18,20,40H2,1-2H3,(H,41,45);10H,7-9H2,1-6H3,(H,16,20)(H,17,21)(H,18,19);1H/t30-,33-,36-;27-,32-;10-;/m000./s1. The van der Waals surface area contributed by atoms with Crippen LogP contribution < -0.4 is 53.6 Å². The van der Waals surface area contributed by atoms with Gasteiger partial charge in [0.15, 0.2) is 0 Å². The molecule has 4 fully saturated rings. The highest BCUT2D eigenvalue weighted by atomic mass is 35.5. The van der Waals surface area contributed by atoms with E-state index in [9.17, 15) is 74.3 Å². The molecule has 6 aromatic rings. The van der Waals surface area contributed by atoms with Crippen molar-refractivity contribution in [3.05, 3.63) is 189 Å². The first kappa shape index (κ1) is 100. The molecule has 0 spiro atoms. The topological polar surface area (TPSA) is 361 Å². The van der Waals surface area contributed by atoms with Crippen LogP contribution in [0.3, 0.4) is 0 Å². The van der Waals surface area contributed by atoms with Gasteiger partial charge in [0.05, 0.1) is 65.3 Å². The van der Waals surface area contributed by atoms with Crippen LogP contribution in [0.25, 0.3) is 0 Å². The van der Waals surface area contributed by atoms with Gasteiger partial charge in [-0.1, -0.05) is 86.3 Å². The number of aryl methyl sites for hydroxylation is 4. The number of amides is 9. The maximum Gasteiger partial charge on any atom is 0.416 e. The number of ether oxygens (including phenoxy) is 2. The molecule has 34 heteroatoms. The zero-order valence-corrected chi connectivity index (χ0v) is 72.3. The van der Waals surface area contributed by atoms with Crippen molar-refractivity contribution in [1.29, 1.82) is 0 Å². The van der Waals surface area contributed by atoms with Gasteiger partial charge in [-0.25, -0.2) is 23.2 Å². The summed E-state index contributed by atoms with van der Waals surface area (Å²) in [6.45, 7) is 16.9. The number of alkyl halides is 6. The number of carbonyl (C=O) groups excluding carboxylic acids is 9. The van der Waals surface area contributed by atoms with E-state index in [1.165, 1.54) is 72.2 Å².